The molecule has 0 spiro atoms. The Bertz CT molecular complexity index is 579. The second-order valence-corrected chi connectivity index (χ2v) is 5.92. The van der Waals surface area contributed by atoms with E-state index in [0.717, 1.165) is 35.5 Å². The third-order valence-corrected chi connectivity index (χ3v) is 4.66. The minimum absolute atomic E-state index is 0.163. The molecule has 0 saturated heterocycles. The van der Waals surface area contributed by atoms with Gasteiger partial charge in [0.1, 0.15) is 0 Å². The van der Waals surface area contributed by atoms with Gasteiger partial charge in [0.05, 0.1) is 16.6 Å². The van der Waals surface area contributed by atoms with E-state index in [1.165, 1.54) is 0 Å². The first kappa shape index (κ1) is 12.4. The Morgan fingerprint density at radius 1 is 1.32 bits per heavy atom. The molecule has 1 aromatic heterocycles. The zero-order valence-corrected chi connectivity index (χ0v) is 11.3. The van der Waals surface area contributed by atoms with Gasteiger partial charge >= 0.3 is 5.97 Å². The Morgan fingerprint density at radius 3 is 2.74 bits per heavy atom. The van der Waals surface area contributed by atoms with Crippen LogP contribution in [0.5, 0.6) is 0 Å². The summed E-state index contributed by atoms with van der Waals surface area (Å²) >= 11 is 1.63. The predicted octanol–water partition coefficient (Wildman–Crippen LogP) is 3.46. The zero-order valence-electron chi connectivity index (χ0n) is 10.5. The highest BCUT2D eigenvalue weighted by molar-refractivity contribution is 7.09. The van der Waals surface area contributed by atoms with Crippen molar-refractivity contribution in [3.05, 3.63) is 40.7 Å². The number of carbonyl (C=O) groups is 1. The Labute approximate surface area is 115 Å². The maximum absolute atomic E-state index is 11.0. The number of carboxylic acid groups (broad SMARTS) is 1. The third kappa shape index (κ3) is 2.54. The highest BCUT2D eigenvalue weighted by atomic mass is 32.1. The standard InChI is InChI=1S/C15H15NO2S/c17-15(18)12-7-6-11(12)8-14-16-13(9-19-14)10-4-2-1-3-5-10/h1-5,9,11-12H,6-8H2,(H,17,18). The molecule has 0 radical (unpaired) electrons. The maximum atomic E-state index is 11.0. The quantitative estimate of drug-likeness (QED) is 0.928. The third-order valence-electron chi connectivity index (χ3n) is 3.79. The number of aliphatic carboxylic acids is 1. The molecule has 1 aliphatic rings. The predicted molar refractivity (Wildman–Crippen MR) is 75.1 cm³/mol. The van der Waals surface area contributed by atoms with Crippen molar-refractivity contribution < 1.29 is 9.90 Å². The van der Waals surface area contributed by atoms with E-state index in [1.807, 2.05) is 30.3 Å². The van der Waals surface area contributed by atoms with Crippen molar-refractivity contribution in [3.63, 3.8) is 0 Å². The van der Waals surface area contributed by atoms with Gasteiger partial charge in [0, 0.05) is 17.4 Å². The van der Waals surface area contributed by atoms with Crippen LogP contribution in [0.25, 0.3) is 11.3 Å². The minimum Gasteiger partial charge on any atom is -0.481 e. The lowest BCUT2D eigenvalue weighted by Gasteiger charge is -2.32. The first-order valence-corrected chi connectivity index (χ1v) is 7.34. The molecule has 19 heavy (non-hydrogen) atoms. The lowest BCUT2D eigenvalue weighted by Crippen LogP contribution is -2.34. The van der Waals surface area contributed by atoms with Crippen LogP contribution in [-0.2, 0) is 11.2 Å². The van der Waals surface area contributed by atoms with Crippen LogP contribution in [0.1, 0.15) is 17.8 Å². The summed E-state index contributed by atoms with van der Waals surface area (Å²) in [5.41, 5.74) is 2.11. The average Bonchev–Trinajstić information content (AvgIpc) is 2.83. The molecule has 3 nitrogen and oxygen atoms in total. The van der Waals surface area contributed by atoms with Gasteiger partial charge in [-0.2, -0.15) is 0 Å². The van der Waals surface area contributed by atoms with Gasteiger partial charge in [-0.3, -0.25) is 4.79 Å². The number of nitrogens with zero attached hydrogens (tertiary/aromatic N) is 1. The van der Waals surface area contributed by atoms with Crippen LogP contribution >= 0.6 is 11.3 Å². The highest BCUT2D eigenvalue weighted by Crippen LogP contribution is 2.37. The first-order chi connectivity index (χ1) is 9.24. The largest absolute Gasteiger partial charge is 0.481 e. The molecule has 2 atom stereocenters. The van der Waals surface area contributed by atoms with Gasteiger partial charge in [-0.15, -0.1) is 11.3 Å². The Kier molecular flexibility index (Phi) is 3.34. The number of aromatic nitrogens is 1. The number of rotatable bonds is 4. The molecule has 0 aliphatic heterocycles. The summed E-state index contributed by atoms with van der Waals surface area (Å²) < 4.78 is 0. The van der Waals surface area contributed by atoms with Crippen LogP contribution in [0, 0.1) is 11.8 Å². The van der Waals surface area contributed by atoms with Crippen LogP contribution in [0.2, 0.25) is 0 Å². The van der Waals surface area contributed by atoms with Crippen LogP contribution in [0.4, 0.5) is 0 Å². The van der Waals surface area contributed by atoms with E-state index < -0.39 is 5.97 Å². The summed E-state index contributed by atoms with van der Waals surface area (Å²) in [4.78, 5) is 15.6. The summed E-state index contributed by atoms with van der Waals surface area (Å²) in [7, 11) is 0. The van der Waals surface area contributed by atoms with E-state index in [1.54, 1.807) is 11.3 Å². The summed E-state index contributed by atoms with van der Waals surface area (Å²) in [6.07, 6.45) is 2.63. The Hall–Kier alpha value is -1.68. The molecule has 1 heterocycles. The number of hydrogen-bond donors (Lipinski definition) is 1. The molecular formula is C15H15NO2S. The fourth-order valence-electron chi connectivity index (χ4n) is 2.51. The van der Waals surface area contributed by atoms with Crippen molar-refractivity contribution in [1.82, 2.24) is 4.98 Å². The number of carboxylic acids is 1. The van der Waals surface area contributed by atoms with Crippen molar-refractivity contribution in [1.29, 1.82) is 0 Å². The fraction of sp³-hybridized carbons (Fsp3) is 0.333. The van der Waals surface area contributed by atoms with Gasteiger partial charge in [0.15, 0.2) is 0 Å². The first-order valence-electron chi connectivity index (χ1n) is 6.46. The van der Waals surface area contributed by atoms with E-state index in [-0.39, 0.29) is 11.8 Å². The molecule has 1 aliphatic carbocycles. The van der Waals surface area contributed by atoms with Gasteiger partial charge in [-0.25, -0.2) is 4.98 Å². The molecule has 1 aromatic carbocycles. The van der Waals surface area contributed by atoms with Gasteiger partial charge in [-0.05, 0) is 18.8 Å². The SMILES string of the molecule is O=C(O)C1CCC1Cc1nc(-c2ccccc2)cs1. The van der Waals surface area contributed by atoms with E-state index in [0.29, 0.717) is 0 Å². The number of thiazole rings is 1. The van der Waals surface area contributed by atoms with E-state index in [4.69, 9.17) is 5.11 Å². The zero-order chi connectivity index (χ0) is 13.2. The lowest BCUT2D eigenvalue weighted by atomic mass is 9.72. The van der Waals surface area contributed by atoms with E-state index in [2.05, 4.69) is 10.4 Å². The van der Waals surface area contributed by atoms with Gasteiger partial charge in [0.2, 0.25) is 0 Å². The molecule has 1 saturated carbocycles. The Morgan fingerprint density at radius 2 is 2.11 bits per heavy atom. The summed E-state index contributed by atoms with van der Waals surface area (Å²) in [6, 6.07) is 10.1. The molecule has 4 heteroatoms. The van der Waals surface area contributed by atoms with Gasteiger partial charge in [-0.1, -0.05) is 30.3 Å². The van der Waals surface area contributed by atoms with E-state index >= 15 is 0 Å². The van der Waals surface area contributed by atoms with Crippen molar-refractivity contribution in [2.24, 2.45) is 11.8 Å². The van der Waals surface area contributed by atoms with Crippen molar-refractivity contribution in [2.45, 2.75) is 19.3 Å². The molecule has 0 bridgehead atoms. The average molecular weight is 273 g/mol. The number of benzene rings is 1. The smallest absolute Gasteiger partial charge is 0.306 e. The molecular weight excluding hydrogens is 258 g/mol. The molecule has 98 valence electrons. The summed E-state index contributed by atoms with van der Waals surface area (Å²) in [5, 5.41) is 12.2. The molecule has 2 aromatic rings. The monoisotopic (exact) mass is 273 g/mol. The fourth-order valence-corrected chi connectivity index (χ4v) is 3.41. The van der Waals surface area contributed by atoms with Gasteiger partial charge < -0.3 is 5.11 Å². The van der Waals surface area contributed by atoms with Crippen LogP contribution < -0.4 is 0 Å². The molecule has 3 rings (SSSR count). The molecule has 2 unspecified atom stereocenters. The van der Waals surface area contributed by atoms with Crippen LogP contribution in [0.3, 0.4) is 0 Å². The molecule has 1 fully saturated rings. The molecule has 1 N–H and O–H groups in total. The van der Waals surface area contributed by atoms with Crippen LogP contribution in [0.15, 0.2) is 35.7 Å². The number of hydrogen-bond acceptors (Lipinski definition) is 3. The van der Waals surface area contributed by atoms with Crippen molar-refractivity contribution >= 4 is 17.3 Å². The van der Waals surface area contributed by atoms with Gasteiger partial charge in [0.25, 0.3) is 0 Å². The summed E-state index contributed by atoms with van der Waals surface area (Å²) in [6.45, 7) is 0. The van der Waals surface area contributed by atoms with Crippen LogP contribution in [-0.4, -0.2) is 16.1 Å². The lowest BCUT2D eigenvalue weighted by molar-refractivity contribution is -0.147. The van der Waals surface area contributed by atoms with E-state index in [9.17, 15) is 4.79 Å². The van der Waals surface area contributed by atoms with Crippen molar-refractivity contribution in [3.8, 4) is 11.3 Å². The second kappa shape index (κ2) is 5.13. The topological polar surface area (TPSA) is 50.2 Å². The Balaban J connectivity index is 1.71. The second-order valence-electron chi connectivity index (χ2n) is 4.98. The highest BCUT2D eigenvalue weighted by Gasteiger charge is 2.36. The minimum atomic E-state index is -0.656. The molecule has 0 amide bonds. The van der Waals surface area contributed by atoms with Crippen molar-refractivity contribution in [2.75, 3.05) is 0 Å². The normalized spacial score (nSPS) is 21.9. The maximum Gasteiger partial charge on any atom is 0.306 e. The summed E-state index contributed by atoms with van der Waals surface area (Å²) in [5.74, 6) is -0.549.